The standard InChI is InChI=1S/C24H29N5O/c30-24(18-27-15-11-21(12-16-27)28-13-3-4-14-28)25-20-7-9-22(10-8-20)29-17-19-5-1-2-6-23(19)26-29/h1-2,5-10,17,21H,3-4,11-16,18H2,(H,25,30). The van der Waals surface area contributed by atoms with Crippen LogP contribution in [0.25, 0.3) is 16.6 Å². The summed E-state index contributed by atoms with van der Waals surface area (Å²) in [4.78, 5) is 17.4. The number of carbonyl (C=O) groups excluding carboxylic acids is 1. The summed E-state index contributed by atoms with van der Waals surface area (Å²) in [7, 11) is 0. The number of nitrogens with one attached hydrogen (secondary N) is 1. The Morgan fingerprint density at radius 1 is 0.967 bits per heavy atom. The van der Waals surface area contributed by atoms with E-state index in [4.69, 9.17) is 0 Å². The van der Waals surface area contributed by atoms with E-state index >= 15 is 0 Å². The fourth-order valence-electron chi connectivity index (χ4n) is 4.75. The van der Waals surface area contributed by atoms with Gasteiger partial charge in [0.25, 0.3) is 0 Å². The molecule has 3 heterocycles. The number of hydrogen-bond donors (Lipinski definition) is 1. The molecule has 3 aromatic rings. The largest absolute Gasteiger partial charge is 0.325 e. The average molecular weight is 404 g/mol. The molecule has 1 amide bonds. The molecule has 2 aliphatic heterocycles. The molecule has 2 saturated heterocycles. The summed E-state index contributed by atoms with van der Waals surface area (Å²) in [6.45, 7) is 5.02. The lowest BCUT2D eigenvalue weighted by atomic mass is 10.0. The molecule has 1 N–H and O–H groups in total. The normalized spacial score (nSPS) is 18.8. The van der Waals surface area contributed by atoms with Crippen molar-refractivity contribution in [2.24, 2.45) is 0 Å². The van der Waals surface area contributed by atoms with Gasteiger partial charge in [-0.15, -0.1) is 0 Å². The Labute approximate surface area is 177 Å². The zero-order valence-electron chi connectivity index (χ0n) is 17.3. The van der Waals surface area contributed by atoms with Gasteiger partial charge in [-0.05, 0) is 69.1 Å². The molecule has 0 atom stereocenters. The summed E-state index contributed by atoms with van der Waals surface area (Å²) >= 11 is 0. The molecule has 2 aliphatic rings. The zero-order chi connectivity index (χ0) is 20.3. The third-order valence-corrected chi connectivity index (χ3v) is 6.41. The first-order valence-corrected chi connectivity index (χ1v) is 11.1. The number of hydrogen-bond acceptors (Lipinski definition) is 4. The van der Waals surface area contributed by atoms with Crippen molar-refractivity contribution in [1.82, 2.24) is 19.6 Å². The third-order valence-electron chi connectivity index (χ3n) is 6.41. The van der Waals surface area contributed by atoms with Crippen LogP contribution in [0.1, 0.15) is 25.7 Å². The van der Waals surface area contributed by atoms with Gasteiger partial charge < -0.3 is 10.2 Å². The number of nitrogens with zero attached hydrogens (tertiary/aromatic N) is 4. The van der Waals surface area contributed by atoms with Gasteiger partial charge in [0.1, 0.15) is 0 Å². The Morgan fingerprint density at radius 3 is 2.43 bits per heavy atom. The number of aromatic nitrogens is 2. The Morgan fingerprint density at radius 2 is 1.70 bits per heavy atom. The molecule has 6 heteroatoms. The fourth-order valence-corrected chi connectivity index (χ4v) is 4.75. The van der Waals surface area contributed by atoms with Gasteiger partial charge in [0.05, 0.1) is 17.7 Å². The van der Waals surface area contributed by atoms with Gasteiger partial charge >= 0.3 is 0 Å². The van der Waals surface area contributed by atoms with Crippen LogP contribution in [-0.4, -0.2) is 64.3 Å². The van der Waals surface area contributed by atoms with E-state index in [1.54, 1.807) is 0 Å². The smallest absolute Gasteiger partial charge is 0.238 e. The number of benzene rings is 2. The highest BCUT2D eigenvalue weighted by atomic mass is 16.2. The second-order valence-electron chi connectivity index (χ2n) is 8.48. The van der Waals surface area contributed by atoms with Gasteiger partial charge in [0, 0.05) is 36.4 Å². The van der Waals surface area contributed by atoms with Crippen LogP contribution in [0, 0.1) is 0 Å². The first-order chi connectivity index (χ1) is 14.7. The number of fused-ring (bicyclic) bond motifs is 1. The maximum absolute atomic E-state index is 12.5. The molecule has 1 aromatic heterocycles. The monoisotopic (exact) mass is 403 g/mol. The summed E-state index contributed by atoms with van der Waals surface area (Å²) in [5, 5.41) is 8.76. The van der Waals surface area contributed by atoms with Crippen LogP contribution in [-0.2, 0) is 4.79 Å². The van der Waals surface area contributed by atoms with E-state index < -0.39 is 0 Å². The molecule has 0 bridgehead atoms. The first kappa shape index (κ1) is 19.3. The van der Waals surface area contributed by atoms with Crippen molar-refractivity contribution in [2.75, 3.05) is 38.0 Å². The minimum Gasteiger partial charge on any atom is -0.325 e. The van der Waals surface area contributed by atoms with Crippen molar-refractivity contribution in [3.05, 3.63) is 54.7 Å². The van der Waals surface area contributed by atoms with Crippen LogP contribution >= 0.6 is 0 Å². The summed E-state index contributed by atoms with van der Waals surface area (Å²) in [6.07, 6.45) is 7.07. The minimum absolute atomic E-state index is 0.0622. The number of rotatable bonds is 5. The van der Waals surface area contributed by atoms with E-state index in [1.807, 2.05) is 53.3 Å². The van der Waals surface area contributed by atoms with Gasteiger partial charge in [-0.2, -0.15) is 5.10 Å². The van der Waals surface area contributed by atoms with Crippen LogP contribution in [0.4, 0.5) is 5.69 Å². The second kappa shape index (κ2) is 8.58. The number of likely N-dealkylation sites (tertiary alicyclic amines) is 2. The van der Waals surface area contributed by atoms with Crippen molar-refractivity contribution in [1.29, 1.82) is 0 Å². The maximum Gasteiger partial charge on any atom is 0.238 e. The van der Waals surface area contributed by atoms with Crippen LogP contribution in [0.15, 0.2) is 54.7 Å². The third kappa shape index (κ3) is 4.25. The number of anilines is 1. The SMILES string of the molecule is O=C(CN1CCC(N2CCCC2)CC1)Nc1ccc(-n2cc3ccccc3n2)cc1. The number of carbonyl (C=O) groups is 1. The van der Waals surface area contributed by atoms with Crippen LogP contribution < -0.4 is 5.32 Å². The first-order valence-electron chi connectivity index (χ1n) is 11.1. The van der Waals surface area contributed by atoms with Gasteiger partial charge in [0.2, 0.25) is 5.91 Å². The van der Waals surface area contributed by atoms with E-state index in [1.165, 1.54) is 38.8 Å². The molecule has 0 saturated carbocycles. The van der Waals surface area contributed by atoms with E-state index in [0.717, 1.165) is 41.4 Å². The molecule has 30 heavy (non-hydrogen) atoms. The lowest BCUT2D eigenvalue weighted by molar-refractivity contribution is -0.117. The van der Waals surface area contributed by atoms with Crippen LogP contribution in [0.5, 0.6) is 0 Å². The molecular weight excluding hydrogens is 374 g/mol. The van der Waals surface area contributed by atoms with Crippen molar-refractivity contribution < 1.29 is 4.79 Å². The summed E-state index contributed by atoms with van der Waals surface area (Å²) < 4.78 is 1.88. The molecular formula is C24H29N5O. The molecule has 0 aliphatic carbocycles. The Hall–Kier alpha value is -2.70. The van der Waals surface area contributed by atoms with Gasteiger partial charge in [-0.3, -0.25) is 9.69 Å². The minimum atomic E-state index is 0.0622. The zero-order valence-corrected chi connectivity index (χ0v) is 17.3. The van der Waals surface area contributed by atoms with Crippen molar-refractivity contribution >= 4 is 22.5 Å². The molecule has 6 nitrogen and oxygen atoms in total. The average Bonchev–Trinajstić information content (AvgIpc) is 3.45. The second-order valence-corrected chi connectivity index (χ2v) is 8.48. The molecule has 5 rings (SSSR count). The van der Waals surface area contributed by atoms with Crippen molar-refractivity contribution in [2.45, 2.75) is 31.7 Å². The lowest BCUT2D eigenvalue weighted by Crippen LogP contribution is -2.45. The van der Waals surface area contributed by atoms with E-state index in [2.05, 4.69) is 26.3 Å². The van der Waals surface area contributed by atoms with Gasteiger partial charge in [-0.1, -0.05) is 18.2 Å². The highest BCUT2D eigenvalue weighted by Crippen LogP contribution is 2.21. The van der Waals surface area contributed by atoms with Crippen molar-refractivity contribution in [3.8, 4) is 5.69 Å². The summed E-state index contributed by atoms with van der Waals surface area (Å²) in [6, 6.07) is 16.7. The quantitative estimate of drug-likeness (QED) is 0.708. The highest BCUT2D eigenvalue weighted by molar-refractivity contribution is 5.92. The Bertz CT molecular complexity index is 965. The molecule has 2 fully saturated rings. The molecule has 0 unspecified atom stereocenters. The van der Waals surface area contributed by atoms with Crippen molar-refractivity contribution in [3.63, 3.8) is 0 Å². The fraction of sp³-hybridized carbons (Fsp3) is 0.417. The van der Waals surface area contributed by atoms with Crippen LogP contribution in [0.2, 0.25) is 0 Å². The van der Waals surface area contributed by atoms with E-state index in [-0.39, 0.29) is 5.91 Å². The van der Waals surface area contributed by atoms with E-state index in [9.17, 15) is 4.79 Å². The van der Waals surface area contributed by atoms with Gasteiger partial charge in [0.15, 0.2) is 0 Å². The maximum atomic E-state index is 12.5. The highest BCUT2D eigenvalue weighted by Gasteiger charge is 2.26. The Kier molecular flexibility index (Phi) is 5.51. The lowest BCUT2D eigenvalue weighted by Gasteiger charge is -2.36. The topological polar surface area (TPSA) is 53.4 Å². The Balaban J connectivity index is 1.14. The molecule has 156 valence electrons. The van der Waals surface area contributed by atoms with Gasteiger partial charge in [-0.25, -0.2) is 4.68 Å². The summed E-state index contributed by atoms with van der Waals surface area (Å²) in [5.74, 6) is 0.0622. The number of amides is 1. The van der Waals surface area contributed by atoms with E-state index in [0.29, 0.717) is 6.54 Å². The number of piperidine rings is 1. The predicted molar refractivity (Wildman–Crippen MR) is 120 cm³/mol. The van der Waals surface area contributed by atoms with Crippen LogP contribution in [0.3, 0.4) is 0 Å². The molecule has 0 spiro atoms. The predicted octanol–water partition coefficient (Wildman–Crippen LogP) is 3.52. The molecule has 2 aromatic carbocycles. The molecule has 0 radical (unpaired) electrons. The summed E-state index contributed by atoms with van der Waals surface area (Å²) in [5.41, 5.74) is 2.78.